The molecule has 0 aliphatic carbocycles. The second kappa shape index (κ2) is 8.97. The number of fused-ring (bicyclic) bond motifs is 1. The van der Waals surface area contributed by atoms with E-state index in [2.05, 4.69) is 30.7 Å². The van der Waals surface area contributed by atoms with Gasteiger partial charge in [0.25, 0.3) is 5.78 Å². The zero-order valence-electron chi connectivity index (χ0n) is 17.0. The van der Waals surface area contributed by atoms with Crippen LogP contribution in [0.15, 0.2) is 48.8 Å². The Kier molecular flexibility index (Phi) is 5.94. The van der Waals surface area contributed by atoms with Crippen molar-refractivity contribution in [3.8, 4) is 17.1 Å². The number of amides is 1. The molecule has 31 heavy (non-hydrogen) atoms. The van der Waals surface area contributed by atoms with E-state index in [9.17, 15) is 4.79 Å². The highest BCUT2D eigenvalue weighted by Gasteiger charge is 2.13. The number of benzene rings is 1. The molecule has 10 heteroatoms. The Morgan fingerprint density at radius 3 is 2.87 bits per heavy atom. The summed E-state index contributed by atoms with van der Waals surface area (Å²) in [4.78, 5) is 25.4. The van der Waals surface area contributed by atoms with Crippen LogP contribution in [0.25, 0.3) is 17.2 Å². The molecule has 0 aliphatic rings. The summed E-state index contributed by atoms with van der Waals surface area (Å²) in [7, 11) is 1.54. The van der Waals surface area contributed by atoms with Crippen LogP contribution in [0.1, 0.15) is 12.1 Å². The number of nitrogens with one attached hydrogen (secondary N) is 2. The molecule has 3 aromatic heterocycles. The molecular formula is C21H20ClN7O2. The number of pyridine rings is 1. The highest BCUT2D eigenvalue weighted by Crippen LogP contribution is 2.27. The maximum atomic E-state index is 12.4. The molecule has 9 nitrogen and oxygen atoms in total. The van der Waals surface area contributed by atoms with Crippen molar-refractivity contribution in [2.45, 2.75) is 13.3 Å². The standard InChI is InChI=1S/C21H20ClN7O2/c1-13-10-18(29-21(25-13)27-20(28-29)14-4-3-8-23-12-14)24-9-7-19(30)26-16-11-15(22)5-6-17(16)31-2/h3-6,8,10-12,24H,7,9H2,1-2H3,(H,26,30). The molecule has 4 rings (SSSR count). The van der Waals surface area contributed by atoms with E-state index in [-0.39, 0.29) is 12.3 Å². The first kappa shape index (κ1) is 20.5. The van der Waals surface area contributed by atoms with Gasteiger partial charge in [0.05, 0.1) is 12.8 Å². The minimum absolute atomic E-state index is 0.176. The van der Waals surface area contributed by atoms with Gasteiger partial charge in [-0.1, -0.05) is 11.6 Å². The lowest BCUT2D eigenvalue weighted by atomic mass is 10.2. The number of rotatable bonds is 7. The van der Waals surface area contributed by atoms with Gasteiger partial charge >= 0.3 is 0 Å². The normalized spacial score (nSPS) is 10.8. The fourth-order valence-corrected chi connectivity index (χ4v) is 3.20. The number of carbonyl (C=O) groups excluding carboxylic acids is 1. The lowest BCUT2D eigenvalue weighted by Crippen LogP contribution is -2.18. The van der Waals surface area contributed by atoms with E-state index in [4.69, 9.17) is 16.3 Å². The lowest BCUT2D eigenvalue weighted by molar-refractivity contribution is -0.116. The average molecular weight is 438 g/mol. The predicted molar refractivity (Wildman–Crippen MR) is 118 cm³/mol. The molecule has 0 saturated carbocycles. The number of aryl methyl sites for hydroxylation is 1. The average Bonchev–Trinajstić information content (AvgIpc) is 3.18. The number of aromatic nitrogens is 5. The van der Waals surface area contributed by atoms with Crippen molar-refractivity contribution in [2.75, 3.05) is 24.3 Å². The van der Waals surface area contributed by atoms with E-state index >= 15 is 0 Å². The van der Waals surface area contributed by atoms with Gasteiger partial charge in [-0.2, -0.15) is 9.50 Å². The Bertz CT molecular complexity index is 1230. The van der Waals surface area contributed by atoms with Gasteiger partial charge in [0.2, 0.25) is 5.91 Å². The Hall–Kier alpha value is -3.72. The molecule has 0 bridgehead atoms. The molecule has 0 radical (unpaired) electrons. The Morgan fingerprint density at radius 1 is 1.23 bits per heavy atom. The van der Waals surface area contributed by atoms with E-state index < -0.39 is 0 Å². The van der Waals surface area contributed by atoms with Crippen LogP contribution in [0.5, 0.6) is 5.75 Å². The molecule has 158 valence electrons. The minimum atomic E-state index is -0.176. The van der Waals surface area contributed by atoms with Crippen LogP contribution in [-0.4, -0.2) is 44.1 Å². The van der Waals surface area contributed by atoms with Crippen LogP contribution >= 0.6 is 11.6 Å². The highest BCUT2D eigenvalue weighted by atomic mass is 35.5. The van der Waals surface area contributed by atoms with Crippen LogP contribution < -0.4 is 15.4 Å². The molecule has 2 N–H and O–H groups in total. The minimum Gasteiger partial charge on any atom is -0.495 e. The molecule has 1 aromatic carbocycles. The van der Waals surface area contributed by atoms with Gasteiger partial charge in [-0.05, 0) is 37.3 Å². The van der Waals surface area contributed by atoms with Crippen LogP contribution in [-0.2, 0) is 4.79 Å². The molecular weight excluding hydrogens is 418 g/mol. The molecule has 0 unspecified atom stereocenters. The molecule has 0 fully saturated rings. The summed E-state index contributed by atoms with van der Waals surface area (Å²) in [6.45, 7) is 2.26. The Morgan fingerprint density at radius 2 is 2.10 bits per heavy atom. The highest BCUT2D eigenvalue weighted by molar-refractivity contribution is 6.31. The third-order valence-corrected chi connectivity index (χ3v) is 4.69. The van der Waals surface area contributed by atoms with Crippen LogP contribution in [0.3, 0.4) is 0 Å². The summed E-state index contributed by atoms with van der Waals surface area (Å²) in [5.74, 6) is 2.06. The van der Waals surface area contributed by atoms with Crippen LogP contribution in [0, 0.1) is 6.92 Å². The lowest BCUT2D eigenvalue weighted by Gasteiger charge is -2.11. The summed E-state index contributed by atoms with van der Waals surface area (Å²) in [6.07, 6.45) is 3.62. The van der Waals surface area contributed by atoms with Crippen molar-refractivity contribution in [3.05, 3.63) is 59.5 Å². The van der Waals surface area contributed by atoms with Crippen molar-refractivity contribution in [3.63, 3.8) is 0 Å². The summed E-state index contributed by atoms with van der Waals surface area (Å²) in [6, 6.07) is 10.6. The fourth-order valence-electron chi connectivity index (χ4n) is 3.02. The maximum Gasteiger partial charge on any atom is 0.254 e. The smallest absolute Gasteiger partial charge is 0.254 e. The van der Waals surface area contributed by atoms with Crippen molar-refractivity contribution < 1.29 is 9.53 Å². The van der Waals surface area contributed by atoms with Gasteiger partial charge in [0.1, 0.15) is 11.6 Å². The van der Waals surface area contributed by atoms with E-state index in [0.29, 0.717) is 40.4 Å². The first-order valence-electron chi connectivity index (χ1n) is 9.55. The van der Waals surface area contributed by atoms with Crippen LogP contribution in [0.2, 0.25) is 5.02 Å². The number of anilines is 2. The zero-order valence-corrected chi connectivity index (χ0v) is 17.7. The van der Waals surface area contributed by atoms with E-state index in [1.54, 1.807) is 35.1 Å². The molecule has 0 saturated heterocycles. The third kappa shape index (κ3) is 4.72. The van der Waals surface area contributed by atoms with Crippen molar-refractivity contribution in [1.29, 1.82) is 0 Å². The van der Waals surface area contributed by atoms with Gasteiger partial charge in [-0.25, -0.2) is 4.98 Å². The number of halogens is 1. The van der Waals surface area contributed by atoms with E-state index in [1.165, 1.54) is 7.11 Å². The first-order chi connectivity index (χ1) is 15.0. The number of carbonyl (C=O) groups is 1. The van der Waals surface area contributed by atoms with Crippen molar-refractivity contribution in [1.82, 2.24) is 24.6 Å². The van der Waals surface area contributed by atoms with Crippen LogP contribution in [0.4, 0.5) is 11.5 Å². The third-order valence-electron chi connectivity index (χ3n) is 4.45. The Balaban J connectivity index is 1.46. The largest absolute Gasteiger partial charge is 0.495 e. The molecule has 3 heterocycles. The van der Waals surface area contributed by atoms with Gasteiger partial charge < -0.3 is 15.4 Å². The van der Waals surface area contributed by atoms with Crippen molar-refractivity contribution >= 4 is 34.8 Å². The number of nitrogens with zero attached hydrogens (tertiary/aromatic N) is 5. The molecule has 1 amide bonds. The monoisotopic (exact) mass is 437 g/mol. The topological polar surface area (TPSA) is 106 Å². The summed E-state index contributed by atoms with van der Waals surface area (Å²) >= 11 is 6.01. The molecule has 4 aromatic rings. The number of methoxy groups -OCH3 is 1. The van der Waals surface area contributed by atoms with Gasteiger partial charge in [0, 0.05) is 47.7 Å². The Labute approximate surface area is 183 Å². The van der Waals surface area contributed by atoms with Gasteiger partial charge in [0.15, 0.2) is 5.82 Å². The first-order valence-corrected chi connectivity index (χ1v) is 9.93. The number of ether oxygens (including phenoxy) is 1. The van der Waals surface area contributed by atoms with E-state index in [0.717, 1.165) is 11.3 Å². The second-order valence-corrected chi connectivity index (χ2v) is 7.18. The fraction of sp³-hybridized carbons (Fsp3) is 0.190. The summed E-state index contributed by atoms with van der Waals surface area (Å²) in [5, 5.41) is 11.1. The summed E-state index contributed by atoms with van der Waals surface area (Å²) < 4.78 is 6.87. The van der Waals surface area contributed by atoms with Gasteiger partial charge in [-0.3, -0.25) is 9.78 Å². The quantitative estimate of drug-likeness (QED) is 0.455. The maximum absolute atomic E-state index is 12.4. The second-order valence-electron chi connectivity index (χ2n) is 6.74. The number of hydrogen-bond acceptors (Lipinski definition) is 7. The van der Waals surface area contributed by atoms with Gasteiger partial charge in [-0.15, -0.1) is 5.10 Å². The SMILES string of the molecule is COc1ccc(Cl)cc1NC(=O)CCNc1cc(C)nc2nc(-c3cccnc3)nn12. The summed E-state index contributed by atoms with van der Waals surface area (Å²) in [5.41, 5.74) is 2.11. The van der Waals surface area contributed by atoms with E-state index in [1.807, 2.05) is 25.1 Å². The zero-order chi connectivity index (χ0) is 21.8. The number of hydrogen-bond donors (Lipinski definition) is 2. The molecule has 0 spiro atoms. The van der Waals surface area contributed by atoms with Crippen molar-refractivity contribution in [2.24, 2.45) is 0 Å². The molecule has 0 aliphatic heterocycles. The molecule has 0 atom stereocenters. The predicted octanol–water partition coefficient (Wildman–Crippen LogP) is 3.60.